The van der Waals surface area contributed by atoms with Crippen LogP contribution in [0.15, 0.2) is 54.2 Å². The second-order valence-electron chi connectivity index (χ2n) is 7.78. The number of thiazole rings is 1. The number of anilines is 1. The minimum atomic E-state index is -0.882. The van der Waals surface area contributed by atoms with E-state index < -0.39 is 6.09 Å². The Bertz CT molecular complexity index is 989. The SMILES string of the molecule is O=C(O)N(CCC1CCN(c2cccc(-c3ccc(F)cc3)n2)CC1)Cc1cncs1. The van der Waals surface area contributed by atoms with Gasteiger partial charge in [-0.25, -0.2) is 14.2 Å². The summed E-state index contributed by atoms with van der Waals surface area (Å²) in [6, 6.07) is 12.3. The van der Waals surface area contributed by atoms with Crippen molar-refractivity contribution in [1.82, 2.24) is 14.9 Å². The molecule has 0 spiro atoms. The summed E-state index contributed by atoms with van der Waals surface area (Å²) in [4.78, 5) is 25.1. The van der Waals surface area contributed by atoms with E-state index in [1.165, 1.54) is 28.4 Å². The first kappa shape index (κ1) is 21.2. The first-order valence-electron chi connectivity index (χ1n) is 10.4. The Balaban J connectivity index is 1.31. The number of rotatable bonds is 7. The number of piperidine rings is 1. The first-order chi connectivity index (χ1) is 15.1. The second kappa shape index (κ2) is 9.87. The van der Waals surface area contributed by atoms with Gasteiger partial charge in [-0.3, -0.25) is 4.98 Å². The van der Waals surface area contributed by atoms with Gasteiger partial charge in [-0.15, -0.1) is 11.3 Å². The summed E-state index contributed by atoms with van der Waals surface area (Å²) in [7, 11) is 0. The van der Waals surface area contributed by atoms with Crippen LogP contribution in [0.1, 0.15) is 24.1 Å². The fraction of sp³-hybridized carbons (Fsp3) is 0.348. The molecule has 0 saturated carbocycles. The summed E-state index contributed by atoms with van der Waals surface area (Å²) in [5.41, 5.74) is 3.46. The molecule has 0 bridgehead atoms. The number of aromatic nitrogens is 2. The van der Waals surface area contributed by atoms with E-state index in [-0.39, 0.29) is 5.82 Å². The maximum Gasteiger partial charge on any atom is 0.407 e. The number of benzene rings is 1. The number of pyridine rings is 1. The largest absolute Gasteiger partial charge is 0.465 e. The molecule has 31 heavy (non-hydrogen) atoms. The molecule has 1 aliphatic heterocycles. The van der Waals surface area contributed by atoms with E-state index in [9.17, 15) is 14.3 Å². The monoisotopic (exact) mass is 440 g/mol. The molecule has 1 amide bonds. The number of nitrogens with zero attached hydrogens (tertiary/aromatic N) is 4. The van der Waals surface area contributed by atoms with Crippen LogP contribution >= 0.6 is 11.3 Å². The predicted molar refractivity (Wildman–Crippen MR) is 120 cm³/mol. The van der Waals surface area contributed by atoms with Gasteiger partial charge in [-0.1, -0.05) is 6.07 Å². The summed E-state index contributed by atoms with van der Waals surface area (Å²) in [6.45, 7) is 2.73. The minimum Gasteiger partial charge on any atom is -0.465 e. The van der Waals surface area contributed by atoms with E-state index in [0.717, 1.165) is 54.3 Å². The van der Waals surface area contributed by atoms with Crippen molar-refractivity contribution in [3.63, 3.8) is 0 Å². The third-order valence-corrected chi connectivity index (χ3v) is 6.49. The quantitative estimate of drug-likeness (QED) is 0.551. The molecule has 1 aliphatic rings. The summed E-state index contributed by atoms with van der Waals surface area (Å²) >= 11 is 1.48. The molecule has 1 N–H and O–H groups in total. The Labute approximate surface area is 185 Å². The van der Waals surface area contributed by atoms with Crippen molar-refractivity contribution < 1.29 is 14.3 Å². The van der Waals surface area contributed by atoms with Gasteiger partial charge in [0.2, 0.25) is 0 Å². The van der Waals surface area contributed by atoms with Crippen LogP contribution in [0.2, 0.25) is 0 Å². The van der Waals surface area contributed by atoms with E-state index in [1.807, 2.05) is 18.2 Å². The Kier molecular flexibility index (Phi) is 6.76. The highest BCUT2D eigenvalue weighted by molar-refractivity contribution is 7.09. The van der Waals surface area contributed by atoms with Crippen LogP contribution in [0.3, 0.4) is 0 Å². The lowest BCUT2D eigenvalue weighted by molar-refractivity contribution is 0.138. The molecule has 0 unspecified atom stereocenters. The minimum absolute atomic E-state index is 0.254. The highest BCUT2D eigenvalue weighted by atomic mass is 32.1. The molecular formula is C23H25FN4O2S. The second-order valence-corrected chi connectivity index (χ2v) is 8.75. The van der Waals surface area contributed by atoms with E-state index in [1.54, 1.807) is 23.8 Å². The molecule has 6 nitrogen and oxygen atoms in total. The standard InChI is InChI=1S/C23H25FN4O2S/c24-19-6-4-18(5-7-19)21-2-1-3-22(26-21)27-11-8-17(9-12-27)10-13-28(23(29)30)15-20-14-25-16-31-20/h1-7,14,16-17H,8-13,15H2,(H,29,30). The number of hydrogen-bond acceptors (Lipinski definition) is 5. The van der Waals surface area contributed by atoms with Crippen molar-refractivity contribution in [2.45, 2.75) is 25.8 Å². The molecule has 8 heteroatoms. The zero-order chi connectivity index (χ0) is 21.6. The summed E-state index contributed by atoms with van der Waals surface area (Å²) in [5.74, 6) is 1.17. The van der Waals surface area contributed by atoms with Crippen molar-refractivity contribution >= 4 is 23.2 Å². The third-order valence-electron chi connectivity index (χ3n) is 5.72. The Morgan fingerprint density at radius 2 is 1.97 bits per heavy atom. The molecule has 2 aromatic heterocycles. The van der Waals surface area contributed by atoms with Crippen LogP contribution in [-0.2, 0) is 6.54 Å². The maximum absolute atomic E-state index is 13.2. The van der Waals surface area contributed by atoms with Crippen LogP contribution in [0.4, 0.5) is 15.0 Å². The van der Waals surface area contributed by atoms with Gasteiger partial charge in [0.25, 0.3) is 0 Å². The highest BCUT2D eigenvalue weighted by Gasteiger charge is 2.22. The normalized spacial score (nSPS) is 14.5. The topological polar surface area (TPSA) is 69.6 Å². The summed E-state index contributed by atoms with van der Waals surface area (Å²) in [5, 5.41) is 9.50. The fourth-order valence-electron chi connectivity index (χ4n) is 3.92. The van der Waals surface area contributed by atoms with Gasteiger partial charge in [-0.05, 0) is 61.6 Å². The van der Waals surface area contributed by atoms with Gasteiger partial charge >= 0.3 is 6.09 Å². The number of halogens is 1. The molecule has 162 valence electrons. The molecule has 3 aromatic rings. The smallest absolute Gasteiger partial charge is 0.407 e. The lowest BCUT2D eigenvalue weighted by atomic mass is 9.93. The van der Waals surface area contributed by atoms with Gasteiger partial charge < -0.3 is 14.9 Å². The van der Waals surface area contributed by atoms with Crippen LogP contribution in [0, 0.1) is 11.7 Å². The number of hydrogen-bond donors (Lipinski definition) is 1. The highest BCUT2D eigenvalue weighted by Crippen LogP contribution is 2.27. The van der Waals surface area contributed by atoms with Crippen LogP contribution in [0.25, 0.3) is 11.3 Å². The van der Waals surface area contributed by atoms with Gasteiger partial charge in [0, 0.05) is 36.3 Å². The molecule has 4 rings (SSSR count). The van der Waals surface area contributed by atoms with Crippen molar-refractivity contribution in [3.8, 4) is 11.3 Å². The molecular weight excluding hydrogens is 415 g/mol. The summed E-state index contributed by atoms with van der Waals surface area (Å²) in [6.07, 6.45) is 3.73. The zero-order valence-corrected chi connectivity index (χ0v) is 18.0. The van der Waals surface area contributed by atoms with Crippen molar-refractivity contribution in [2.24, 2.45) is 5.92 Å². The van der Waals surface area contributed by atoms with E-state index in [0.29, 0.717) is 19.0 Å². The number of amides is 1. The van der Waals surface area contributed by atoms with Crippen molar-refractivity contribution in [2.75, 3.05) is 24.5 Å². The third kappa shape index (κ3) is 5.58. The van der Waals surface area contributed by atoms with Crippen molar-refractivity contribution in [3.05, 3.63) is 64.9 Å². The number of carboxylic acid groups (broad SMARTS) is 1. The molecule has 1 saturated heterocycles. The zero-order valence-electron chi connectivity index (χ0n) is 17.2. The molecule has 0 aliphatic carbocycles. The Morgan fingerprint density at radius 1 is 1.19 bits per heavy atom. The van der Waals surface area contributed by atoms with Gasteiger partial charge in [-0.2, -0.15) is 0 Å². The first-order valence-corrected chi connectivity index (χ1v) is 11.3. The number of carbonyl (C=O) groups is 1. The maximum atomic E-state index is 13.2. The van der Waals surface area contributed by atoms with E-state index >= 15 is 0 Å². The van der Waals surface area contributed by atoms with Gasteiger partial charge in [0.1, 0.15) is 11.6 Å². The van der Waals surface area contributed by atoms with Crippen LogP contribution in [-0.4, -0.2) is 45.7 Å². The molecule has 0 radical (unpaired) electrons. The Morgan fingerprint density at radius 3 is 2.65 bits per heavy atom. The van der Waals surface area contributed by atoms with Gasteiger partial charge in [0.05, 0.1) is 17.7 Å². The fourth-order valence-corrected chi connectivity index (χ4v) is 4.53. The summed E-state index contributed by atoms with van der Waals surface area (Å²) < 4.78 is 13.2. The van der Waals surface area contributed by atoms with Crippen molar-refractivity contribution in [1.29, 1.82) is 0 Å². The van der Waals surface area contributed by atoms with Crippen LogP contribution < -0.4 is 4.90 Å². The average Bonchev–Trinajstić information content (AvgIpc) is 3.31. The lowest BCUT2D eigenvalue weighted by Crippen LogP contribution is -2.36. The van der Waals surface area contributed by atoms with E-state index in [4.69, 9.17) is 4.98 Å². The lowest BCUT2D eigenvalue weighted by Gasteiger charge is -2.33. The average molecular weight is 441 g/mol. The van der Waals surface area contributed by atoms with Crippen LogP contribution in [0.5, 0.6) is 0 Å². The molecule has 1 aromatic carbocycles. The predicted octanol–water partition coefficient (Wildman–Crippen LogP) is 5.13. The molecule has 1 fully saturated rings. The van der Waals surface area contributed by atoms with Gasteiger partial charge in [0.15, 0.2) is 0 Å². The molecule has 0 atom stereocenters. The Hall–Kier alpha value is -3.00. The molecule has 3 heterocycles. The van der Waals surface area contributed by atoms with E-state index in [2.05, 4.69) is 9.88 Å².